The maximum atomic E-state index is 11.4. The molecule has 1 saturated heterocycles. The lowest BCUT2D eigenvalue weighted by Crippen LogP contribution is -2.19. The van der Waals surface area contributed by atoms with E-state index < -0.39 is 9.84 Å². The predicted molar refractivity (Wildman–Crippen MR) is 95.8 cm³/mol. The minimum Gasteiger partial charge on any atom is -0.366 e. The fourth-order valence-electron chi connectivity index (χ4n) is 2.89. The lowest BCUT2D eigenvalue weighted by Gasteiger charge is -2.16. The fraction of sp³-hybridized carbons (Fsp3) is 0.412. The molecule has 0 amide bonds. The number of nitrogens with one attached hydrogen (secondary N) is 1. The lowest BCUT2D eigenvalue weighted by molar-refractivity contribution is 0.601. The van der Waals surface area contributed by atoms with Gasteiger partial charge in [0, 0.05) is 32.0 Å². The van der Waals surface area contributed by atoms with Crippen LogP contribution in [0.2, 0.25) is 0 Å². The average Bonchev–Trinajstić information content (AvgIpc) is 3.06. The van der Waals surface area contributed by atoms with E-state index in [2.05, 4.69) is 20.2 Å². The van der Waals surface area contributed by atoms with Crippen LogP contribution in [0.15, 0.2) is 36.7 Å². The molecule has 1 N–H and O–H groups in total. The molecule has 2 aromatic rings. The van der Waals surface area contributed by atoms with Gasteiger partial charge < -0.3 is 10.2 Å². The minimum atomic E-state index is -3.02. The Hall–Kier alpha value is -2.15. The third-order valence-corrected chi connectivity index (χ3v) is 4.83. The summed E-state index contributed by atoms with van der Waals surface area (Å²) in [5.41, 5.74) is 1.83. The van der Waals surface area contributed by atoms with Crippen LogP contribution >= 0.6 is 0 Å². The first kappa shape index (κ1) is 16.7. The van der Waals surface area contributed by atoms with E-state index in [1.807, 2.05) is 30.3 Å². The highest BCUT2D eigenvalue weighted by atomic mass is 32.2. The number of hydrogen-bond donors (Lipinski definition) is 1. The SMILES string of the molecule is CS(=O)(=O)Cc1cccc(CNc2cc(N3CCCC3)ncn2)c1. The molecule has 0 saturated carbocycles. The zero-order valence-corrected chi connectivity index (χ0v) is 14.6. The molecular weight excluding hydrogens is 324 g/mol. The van der Waals surface area contributed by atoms with E-state index in [9.17, 15) is 8.42 Å². The molecule has 0 atom stereocenters. The van der Waals surface area contributed by atoms with Gasteiger partial charge >= 0.3 is 0 Å². The van der Waals surface area contributed by atoms with Crippen LogP contribution < -0.4 is 10.2 Å². The zero-order valence-electron chi connectivity index (χ0n) is 13.8. The molecule has 1 fully saturated rings. The Kier molecular flexibility index (Phi) is 4.99. The highest BCUT2D eigenvalue weighted by molar-refractivity contribution is 7.89. The summed E-state index contributed by atoms with van der Waals surface area (Å²) in [4.78, 5) is 10.9. The second kappa shape index (κ2) is 7.17. The fourth-order valence-corrected chi connectivity index (χ4v) is 3.67. The Morgan fingerprint density at radius 3 is 2.62 bits per heavy atom. The van der Waals surface area contributed by atoms with Crippen LogP contribution in [0.1, 0.15) is 24.0 Å². The third kappa shape index (κ3) is 4.67. The molecular formula is C17H22N4O2S. The van der Waals surface area contributed by atoms with Crippen LogP contribution in [-0.4, -0.2) is 37.7 Å². The summed E-state index contributed by atoms with van der Waals surface area (Å²) in [6.07, 6.45) is 5.24. The van der Waals surface area contributed by atoms with E-state index in [0.717, 1.165) is 35.9 Å². The van der Waals surface area contributed by atoms with Gasteiger partial charge in [-0.05, 0) is 24.0 Å². The van der Waals surface area contributed by atoms with Crippen LogP contribution in [0, 0.1) is 0 Å². The highest BCUT2D eigenvalue weighted by Gasteiger charge is 2.14. The van der Waals surface area contributed by atoms with E-state index >= 15 is 0 Å². The number of benzene rings is 1. The van der Waals surface area contributed by atoms with Gasteiger partial charge in [-0.15, -0.1) is 0 Å². The van der Waals surface area contributed by atoms with Crippen molar-refractivity contribution in [3.8, 4) is 0 Å². The summed E-state index contributed by atoms with van der Waals surface area (Å²) in [6.45, 7) is 2.68. The molecule has 0 radical (unpaired) electrons. The monoisotopic (exact) mass is 346 g/mol. The lowest BCUT2D eigenvalue weighted by atomic mass is 10.1. The Balaban J connectivity index is 1.65. The highest BCUT2D eigenvalue weighted by Crippen LogP contribution is 2.19. The van der Waals surface area contributed by atoms with Crippen molar-refractivity contribution >= 4 is 21.5 Å². The van der Waals surface area contributed by atoms with Crippen molar-refractivity contribution < 1.29 is 8.42 Å². The maximum Gasteiger partial charge on any atom is 0.151 e. The first-order valence-corrected chi connectivity index (χ1v) is 10.1. The number of aromatic nitrogens is 2. The third-order valence-electron chi connectivity index (χ3n) is 3.98. The van der Waals surface area contributed by atoms with Crippen molar-refractivity contribution in [1.29, 1.82) is 0 Å². The second-order valence-corrected chi connectivity index (χ2v) is 8.34. The van der Waals surface area contributed by atoms with Gasteiger partial charge in [-0.1, -0.05) is 24.3 Å². The van der Waals surface area contributed by atoms with E-state index in [0.29, 0.717) is 6.54 Å². The molecule has 7 heteroatoms. The van der Waals surface area contributed by atoms with Crippen molar-refractivity contribution in [2.45, 2.75) is 25.1 Å². The van der Waals surface area contributed by atoms with Crippen molar-refractivity contribution in [1.82, 2.24) is 9.97 Å². The van der Waals surface area contributed by atoms with E-state index in [1.165, 1.54) is 19.1 Å². The molecule has 24 heavy (non-hydrogen) atoms. The van der Waals surface area contributed by atoms with Gasteiger partial charge in [0.1, 0.15) is 18.0 Å². The summed E-state index contributed by atoms with van der Waals surface area (Å²) in [5, 5.41) is 3.29. The standard InChI is InChI=1S/C17H22N4O2S/c1-24(22,23)12-15-6-4-5-14(9-15)11-18-16-10-17(20-13-19-16)21-7-2-3-8-21/h4-6,9-10,13H,2-3,7-8,11-12H2,1H3,(H,18,19,20). The van der Waals surface area contributed by atoms with Crippen molar-refractivity contribution in [3.05, 3.63) is 47.8 Å². The van der Waals surface area contributed by atoms with Gasteiger partial charge in [0.2, 0.25) is 0 Å². The second-order valence-electron chi connectivity index (χ2n) is 6.20. The number of anilines is 2. The number of hydrogen-bond acceptors (Lipinski definition) is 6. The minimum absolute atomic E-state index is 0.0630. The van der Waals surface area contributed by atoms with Crippen molar-refractivity contribution in [2.24, 2.45) is 0 Å². The van der Waals surface area contributed by atoms with Crippen LogP contribution in [0.4, 0.5) is 11.6 Å². The summed E-state index contributed by atoms with van der Waals surface area (Å²) in [6, 6.07) is 9.57. The van der Waals surface area contributed by atoms with Gasteiger partial charge in [0.15, 0.2) is 9.84 Å². The zero-order chi connectivity index (χ0) is 17.0. The molecule has 1 aromatic heterocycles. The molecule has 6 nitrogen and oxygen atoms in total. The van der Waals surface area contributed by atoms with E-state index in [4.69, 9.17) is 0 Å². The largest absolute Gasteiger partial charge is 0.366 e. The Morgan fingerprint density at radius 2 is 1.88 bits per heavy atom. The molecule has 2 heterocycles. The maximum absolute atomic E-state index is 11.4. The Labute approximate surface area is 142 Å². The molecule has 1 aromatic carbocycles. The Bertz CT molecular complexity index is 802. The molecule has 128 valence electrons. The Morgan fingerprint density at radius 1 is 1.12 bits per heavy atom. The number of sulfone groups is 1. The van der Waals surface area contributed by atoms with Gasteiger partial charge in [0.05, 0.1) is 5.75 Å². The summed E-state index contributed by atoms with van der Waals surface area (Å²) >= 11 is 0. The number of rotatable bonds is 6. The predicted octanol–water partition coefficient (Wildman–Crippen LogP) is 2.23. The van der Waals surface area contributed by atoms with Crippen LogP contribution in [0.5, 0.6) is 0 Å². The molecule has 1 aliphatic rings. The molecule has 0 bridgehead atoms. The van der Waals surface area contributed by atoms with Gasteiger partial charge in [-0.3, -0.25) is 0 Å². The molecule has 0 aliphatic carbocycles. The smallest absolute Gasteiger partial charge is 0.151 e. The van der Waals surface area contributed by atoms with Crippen LogP contribution in [-0.2, 0) is 22.1 Å². The molecule has 0 unspecified atom stereocenters. The molecule has 0 spiro atoms. The summed E-state index contributed by atoms with van der Waals surface area (Å²) in [7, 11) is -3.02. The summed E-state index contributed by atoms with van der Waals surface area (Å²) in [5.74, 6) is 1.80. The van der Waals surface area contributed by atoms with Crippen LogP contribution in [0.3, 0.4) is 0 Å². The van der Waals surface area contributed by atoms with Crippen LogP contribution in [0.25, 0.3) is 0 Å². The van der Waals surface area contributed by atoms with Gasteiger partial charge in [-0.25, -0.2) is 18.4 Å². The molecule has 1 aliphatic heterocycles. The number of nitrogens with zero attached hydrogens (tertiary/aromatic N) is 3. The molecule has 3 rings (SSSR count). The quantitative estimate of drug-likeness (QED) is 0.864. The van der Waals surface area contributed by atoms with Gasteiger partial charge in [-0.2, -0.15) is 0 Å². The summed E-state index contributed by atoms with van der Waals surface area (Å²) < 4.78 is 22.8. The topological polar surface area (TPSA) is 75.2 Å². The first-order chi connectivity index (χ1) is 11.5. The van der Waals surface area contributed by atoms with Crippen molar-refractivity contribution in [2.75, 3.05) is 29.6 Å². The van der Waals surface area contributed by atoms with E-state index in [1.54, 1.807) is 6.33 Å². The normalized spacial score (nSPS) is 14.8. The van der Waals surface area contributed by atoms with Crippen molar-refractivity contribution in [3.63, 3.8) is 0 Å². The van der Waals surface area contributed by atoms with Gasteiger partial charge in [0.25, 0.3) is 0 Å². The average molecular weight is 346 g/mol. The van der Waals surface area contributed by atoms with E-state index in [-0.39, 0.29) is 5.75 Å². The first-order valence-electron chi connectivity index (χ1n) is 8.06.